The number of halogens is 1. The number of ketones is 1. The average molecular weight is 361 g/mol. The molecule has 6 heteroatoms. The molecule has 1 saturated carbocycles. The number of Topliss-reactive ketones (excluding diaryl/α,β-unsaturated/α-hetero) is 1. The van der Waals surface area contributed by atoms with Crippen LogP contribution in [0.3, 0.4) is 0 Å². The predicted octanol–water partition coefficient (Wildman–Crippen LogP) is 3.14. The molecule has 1 atom stereocenters. The van der Waals surface area contributed by atoms with Gasteiger partial charge in [-0.3, -0.25) is 14.4 Å². The molecule has 0 spiro atoms. The molecule has 26 heavy (non-hydrogen) atoms. The van der Waals surface area contributed by atoms with Crippen LogP contribution in [0.4, 0.5) is 4.39 Å². The van der Waals surface area contributed by atoms with Gasteiger partial charge in [0.2, 0.25) is 5.91 Å². The van der Waals surface area contributed by atoms with Crippen molar-refractivity contribution in [1.29, 1.82) is 0 Å². The number of carboxylic acids is 1. The van der Waals surface area contributed by atoms with Gasteiger partial charge in [0.25, 0.3) is 0 Å². The summed E-state index contributed by atoms with van der Waals surface area (Å²) in [4.78, 5) is 38.3. The van der Waals surface area contributed by atoms with Crippen molar-refractivity contribution in [2.75, 3.05) is 13.1 Å². The Labute approximate surface area is 152 Å². The lowest BCUT2D eigenvalue weighted by molar-refractivity contribution is -0.146. The summed E-state index contributed by atoms with van der Waals surface area (Å²) in [5.74, 6) is -1.88. The van der Waals surface area contributed by atoms with Crippen LogP contribution in [0.2, 0.25) is 0 Å². The summed E-state index contributed by atoms with van der Waals surface area (Å²) in [5.41, 5.74) is 0.479. The molecule has 1 aromatic carbocycles. The molecule has 1 N–H and O–H groups in total. The van der Waals surface area contributed by atoms with E-state index < -0.39 is 5.97 Å². The number of carbonyl (C=O) groups excluding carboxylic acids is 2. The molecule has 2 fully saturated rings. The molecule has 1 unspecified atom stereocenters. The first-order valence-corrected chi connectivity index (χ1v) is 9.27. The highest BCUT2D eigenvalue weighted by Gasteiger charge is 2.35. The second kappa shape index (κ2) is 7.98. The highest BCUT2D eigenvalue weighted by molar-refractivity contribution is 5.98. The van der Waals surface area contributed by atoms with Crippen LogP contribution < -0.4 is 0 Å². The van der Waals surface area contributed by atoms with E-state index in [9.17, 15) is 18.8 Å². The van der Waals surface area contributed by atoms with Crippen molar-refractivity contribution in [1.82, 2.24) is 4.90 Å². The quantitative estimate of drug-likeness (QED) is 0.836. The standard InChI is InChI=1S/C20H24FNO4/c21-17-9-7-13(8-10-17)18(23)16-2-1-11-22(12-16)19(24)14-3-5-15(6-4-14)20(25)26/h7-10,14-16H,1-6,11-12H2,(H,25,26). The number of hydrogen-bond acceptors (Lipinski definition) is 3. The average Bonchev–Trinajstić information content (AvgIpc) is 2.67. The largest absolute Gasteiger partial charge is 0.481 e. The van der Waals surface area contributed by atoms with Gasteiger partial charge in [-0.05, 0) is 62.8 Å². The van der Waals surface area contributed by atoms with Crippen LogP contribution in [0.15, 0.2) is 24.3 Å². The van der Waals surface area contributed by atoms with Crippen molar-refractivity contribution in [2.24, 2.45) is 17.8 Å². The van der Waals surface area contributed by atoms with E-state index in [2.05, 4.69) is 0 Å². The molecule has 1 heterocycles. The first-order chi connectivity index (χ1) is 12.5. The van der Waals surface area contributed by atoms with Gasteiger partial charge >= 0.3 is 5.97 Å². The fraction of sp³-hybridized carbons (Fsp3) is 0.550. The summed E-state index contributed by atoms with van der Waals surface area (Å²) in [6, 6.07) is 5.54. The van der Waals surface area contributed by atoms with Crippen molar-refractivity contribution in [3.8, 4) is 0 Å². The molecular formula is C20H24FNO4. The lowest BCUT2D eigenvalue weighted by Crippen LogP contribution is -2.45. The van der Waals surface area contributed by atoms with Crippen molar-refractivity contribution < 1.29 is 23.9 Å². The third-order valence-corrected chi connectivity index (χ3v) is 5.66. The van der Waals surface area contributed by atoms with E-state index in [1.165, 1.54) is 24.3 Å². The Morgan fingerprint density at radius 1 is 0.923 bits per heavy atom. The summed E-state index contributed by atoms with van der Waals surface area (Å²) in [6.07, 6.45) is 3.78. The lowest BCUT2D eigenvalue weighted by Gasteiger charge is -2.36. The molecule has 5 nitrogen and oxygen atoms in total. The minimum absolute atomic E-state index is 0.0444. The number of benzene rings is 1. The summed E-state index contributed by atoms with van der Waals surface area (Å²) in [6.45, 7) is 1.04. The molecule has 3 rings (SSSR count). The Morgan fingerprint density at radius 2 is 1.54 bits per heavy atom. The van der Waals surface area contributed by atoms with Gasteiger partial charge in [0.1, 0.15) is 5.82 Å². The molecule has 1 aliphatic heterocycles. The number of amides is 1. The van der Waals surface area contributed by atoms with Gasteiger partial charge in [0.05, 0.1) is 5.92 Å². The predicted molar refractivity (Wildman–Crippen MR) is 93.1 cm³/mol. The van der Waals surface area contributed by atoms with Gasteiger partial charge < -0.3 is 10.0 Å². The Hall–Kier alpha value is -2.24. The minimum Gasteiger partial charge on any atom is -0.481 e. The number of likely N-dealkylation sites (tertiary alicyclic amines) is 1. The van der Waals surface area contributed by atoms with Crippen molar-refractivity contribution >= 4 is 17.7 Å². The van der Waals surface area contributed by atoms with Crippen LogP contribution in [0.1, 0.15) is 48.9 Å². The fourth-order valence-corrected chi connectivity index (χ4v) is 4.09. The second-order valence-electron chi connectivity index (χ2n) is 7.38. The van der Waals surface area contributed by atoms with Gasteiger partial charge in [0, 0.05) is 30.5 Å². The maximum absolute atomic E-state index is 13.0. The maximum Gasteiger partial charge on any atom is 0.306 e. The first-order valence-electron chi connectivity index (χ1n) is 9.27. The molecule has 1 aromatic rings. The summed E-state index contributed by atoms with van der Waals surface area (Å²) in [7, 11) is 0. The van der Waals surface area contributed by atoms with E-state index in [0.29, 0.717) is 44.3 Å². The summed E-state index contributed by atoms with van der Waals surface area (Å²) < 4.78 is 13.0. The molecule has 1 aliphatic carbocycles. The molecule has 1 saturated heterocycles. The zero-order valence-corrected chi connectivity index (χ0v) is 14.7. The number of rotatable bonds is 4. The van der Waals surface area contributed by atoms with E-state index in [1.807, 2.05) is 0 Å². The molecule has 1 amide bonds. The summed E-state index contributed by atoms with van der Waals surface area (Å²) in [5, 5.41) is 9.08. The highest BCUT2D eigenvalue weighted by Crippen LogP contribution is 2.31. The Bertz CT molecular complexity index is 680. The molecule has 2 aliphatic rings. The molecule has 0 aromatic heterocycles. The fourth-order valence-electron chi connectivity index (χ4n) is 4.09. The van der Waals surface area contributed by atoms with Gasteiger partial charge in [0.15, 0.2) is 5.78 Å². The zero-order valence-electron chi connectivity index (χ0n) is 14.7. The van der Waals surface area contributed by atoms with Crippen LogP contribution in [0.5, 0.6) is 0 Å². The zero-order chi connectivity index (χ0) is 18.7. The van der Waals surface area contributed by atoms with Crippen molar-refractivity contribution in [3.63, 3.8) is 0 Å². The van der Waals surface area contributed by atoms with Gasteiger partial charge in [-0.25, -0.2) is 4.39 Å². The Kier molecular flexibility index (Phi) is 5.69. The van der Waals surface area contributed by atoms with Crippen molar-refractivity contribution in [2.45, 2.75) is 38.5 Å². The third kappa shape index (κ3) is 4.11. The molecule has 0 bridgehead atoms. The number of aliphatic carboxylic acids is 1. The third-order valence-electron chi connectivity index (χ3n) is 5.66. The highest BCUT2D eigenvalue weighted by atomic mass is 19.1. The number of hydrogen-bond donors (Lipinski definition) is 1. The van der Waals surface area contributed by atoms with E-state index in [0.717, 1.165) is 12.8 Å². The number of carbonyl (C=O) groups is 3. The smallest absolute Gasteiger partial charge is 0.306 e. The number of carboxylic acid groups (broad SMARTS) is 1. The topological polar surface area (TPSA) is 74.7 Å². The lowest BCUT2D eigenvalue weighted by atomic mass is 9.80. The van der Waals surface area contributed by atoms with Crippen molar-refractivity contribution in [3.05, 3.63) is 35.6 Å². The van der Waals surface area contributed by atoms with Crippen LogP contribution in [-0.2, 0) is 9.59 Å². The monoisotopic (exact) mass is 361 g/mol. The maximum atomic E-state index is 13.0. The van der Waals surface area contributed by atoms with Crippen LogP contribution in [-0.4, -0.2) is 40.8 Å². The van der Waals surface area contributed by atoms with Gasteiger partial charge in [-0.2, -0.15) is 0 Å². The number of nitrogens with zero attached hydrogens (tertiary/aromatic N) is 1. The Morgan fingerprint density at radius 3 is 2.15 bits per heavy atom. The molecular weight excluding hydrogens is 337 g/mol. The van der Waals surface area contributed by atoms with Crippen LogP contribution >= 0.6 is 0 Å². The molecule has 0 radical (unpaired) electrons. The van der Waals surface area contributed by atoms with E-state index in [1.54, 1.807) is 4.90 Å². The molecule has 140 valence electrons. The minimum atomic E-state index is -0.779. The van der Waals surface area contributed by atoms with E-state index >= 15 is 0 Å². The SMILES string of the molecule is O=C(O)C1CCC(C(=O)N2CCCC(C(=O)c3ccc(F)cc3)C2)CC1. The van der Waals surface area contributed by atoms with E-state index in [-0.39, 0.29) is 35.3 Å². The van der Waals surface area contributed by atoms with E-state index in [4.69, 9.17) is 5.11 Å². The first kappa shape index (κ1) is 18.5. The summed E-state index contributed by atoms with van der Waals surface area (Å²) >= 11 is 0. The number of piperidine rings is 1. The van der Waals surface area contributed by atoms with Gasteiger partial charge in [-0.15, -0.1) is 0 Å². The van der Waals surface area contributed by atoms with Crippen LogP contribution in [0.25, 0.3) is 0 Å². The van der Waals surface area contributed by atoms with Gasteiger partial charge in [-0.1, -0.05) is 0 Å². The second-order valence-corrected chi connectivity index (χ2v) is 7.38. The Balaban J connectivity index is 1.59. The normalized spacial score (nSPS) is 26.3. The van der Waals surface area contributed by atoms with Crippen LogP contribution in [0, 0.1) is 23.6 Å².